The van der Waals surface area contributed by atoms with Crippen LogP contribution < -0.4 is 5.73 Å². The first-order chi connectivity index (χ1) is 7.72. The van der Waals surface area contributed by atoms with Crippen LogP contribution in [0.5, 0.6) is 0 Å². The Bertz CT molecular complexity index is 294. The third kappa shape index (κ3) is 3.32. The van der Waals surface area contributed by atoms with Gasteiger partial charge >= 0.3 is 0 Å². The molecule has 0 spiro atoms. The first-order valence-corrected chi connectivity index (χ1v) is 6.01. The van der Waals surface area contributed by atoms with Gasteiger partial charge in [0, 0.05) is 19.6 Å². The minimum Gasteiger partial charge on any atom is -0.384 e. The topological polar surface area (TPSA) is 35.2 Å². The van der Waals surface area contributed by atoms with E-state index in [4.69, 9.17) is 10.5 Å². The van der Waals surface area contributed by atoms with Gasteiger partial charge < -0.3 is 10.5 Å². The molecule has 1 aromatic rings. The highest BCUT2D eigenvalue weighted by Gasteiger charge is 2.10. The van der Waals surface area contributed by atoms with Crippen LogP contribution >= 0.6 is 0 Å². The lowest BCUT2D eigenvalue weighted by atomic mass is 9.94. The van der Waals surface area contributed by atoms with Crippen molar-refractivity contribution < 1.29 is 4.74 Å². The molecule has 0 heterocycles. The molecule has 0 amide bonds. The van der Waals surface area contributed by atoms with Crippen molar-refractivity contribution in [3.8, 4) is 0 Å². The highest BCUT2D eigenvalue weighted by Crippen LogP contribution is 2.22. The molecule has 16 heavy (non-hydrogen) atoms. The van der Waals surface area contributed by atoms with Crippen LogP contribution in [0.3, 0.4) is 0 Å². The molecule has 0 aliphatic rings. The summed E-state index contributed by atoms with van der Waals surface area (Å²) in [5.41, 5.74) is 8.41. The molecule has 2 unspecified atom stereocenters. The quantitative estimate of drug-likeness (QED) is 0.801. The molecule has 0 bridgehead atoms. The van der Waals surface area contributed by atoms with Gasteiger partial charge in [0.25, 0.3) is 0 Å². The molecule has 0 aliphatic carbocycles. The lowest BCUT2D eigenvalue weighted by Crippen LogP contribution is -2.17. The Hall–Kier alpha value is -0.860. The molecule has 2 N–H and O–H groups in total. The van der Waals surface area contributed by atoms with Crippen molar-refractivity contribution in [2.75, 3.05) is 20.3 Å². The Morgan fingerprint density at radius 1 is 1.19 bits per heavy atom. The van der Waals surface area contributed by atoms with E-state index in [0.29, 0.717) is 25.0 Å². The smallest absolute Gasteiger partial charge is 0.0543 e. The van der Waals surface area contributed by atoms with E-state index < -0.39 is 0 Å². The molecular formula is C14H23NO. The molecule has 1 rings (SSSR count). The zero-order valence-corrected chi connectivity index (χ0v) is 10.6. The summed E-state index contributed by atoms with van der Waals surface area (Å²) in [5.74, 6) is 0.948. The number of methoxy groups -OCH3 is 1. The van der Waals surface area contributed by atoms with Crippen LogP contribution in [0.15, 0.2) is 24.3 Å². The summed E-state index contributed by atoms with van der Waals surface area (Å²) in [6.07, 6.45) is 1.18. The second-order valence-corrected chi connectivity index (χ2v) is 4.36. The van der Waals surface area contributed by atoms with Crippen molar-refractivity contribution in [2.45, 2.75) is 32.1 Å². The first-order valence-electron chi connectivity index (χ1n) is 6.01. The molecule has 0 radical (unpaired) electrons. The van der Waals surface area contributed by atoms with Gasteiger partial charge in [-0.3, -0.25) is 0 Å². The molecule has 0 saturated carbocycles. The highest BCUT2D eigenvalue weighted by molar-refractivity contribution is 5.27. The van der Waals surface area contributed by atoms with Crippen LogP contribution in [-0.4, -0.2) is 20.3 Å². The fourth-order valence-electron chi connectivity index (χ4n) is 1.83. The average Bonchev–Trinajstić information content (AvgIpc) is 2.35. The van der Waals surface area contributed by atoms with Gasteiger partial charge in [-0.25, -0.2) is 0 Å². The largest absolute Gasteiger partial charge is 0.384 e. The maximum absolute atomic E-state index is 5.73. The van der Waals surface area contributed by atoms with E-state index >= 15 is 0 Å². The van der Waals surface area contributed by atoms with Crippen LogP contribution in [0.4, 0.5) is 0 Å². The van der Waals surface area contributed by atoms with Gasteiger partial charge in [0.2, 0.25) is 0 Å². The van der Waals surface area contributed by atoms with Crippen LogP contribution in [-0.2, 0) is 4.74 Å². The average molecular weight is 221 g/mol. The monoisotopic (exact) mass is 221 g/mol. The molecule has 0 aromatic heterocycles. The van der Waals surface area contributed by atoms with Gasteiger partial charge in [-0.05, 0) is 23.5 Å². The van der Waals surface area contributed by atoms with E-state index in [0.717, 1.165) is 0 Å². The van der Waals surface area contributed by atoms with E-state index in [1.54, 1.807) is 7.11 Å². The third-order valence-corrected chi connectivity index (χ3v) is 3.24. The van der Waals surface area contributed by atoms with Crippen molar-refractivity contribution in [3.63, 3.8) is 0 Å². The number of nitrogens with two attached hydrogens (primary N) is 1. The molecule has 2 atom stereocenters. The van der Waals surface area contributed by atoms with Gasteiger partial charge in [-0.15, -0.1) is 0 Å². The SMILES string of the molecule is CCC(C)c1ccc(C(CN)COC)cc1. The summed E-state index contributed by atoms with van der Waals surface area (Å²) in [6.45, 7) is 5.80. The molecule has 2 nitrogen and oxygen atoms in total. The minimum absolute atomic E-state index is 0.316. The van der Waals surface area contributed by atoms with Crippen LogP contribution in [0.2, 0.25) is 0 Å². The van der Waals surface area contributed by atoms with Crippen LogP contribution in [0, 0.1) is 0 Å². The number of hydrogen-bond donors (Lipinski definition) is 1. The standard InChI is InChI=1S/C14H23NO/c1-4-11(2)12-5-7-13(8-6-12)14(9-15)10-16-3/h5-8,11,14H,4,9-10,15H2,1-3H3. The number of benzene rings is 1. The molecular weight excluding hydrogens is 198 g/mol. The van der Waals surface area contributed by atoms with E-state index in [9.17, 15) is 0 Å². The van der Waals surface area contributed by atoms with Crippen LogP contribution in [0.25, 0.3) is 0 Å². The Labute approximate surface area is 98.8 Å². The van der Waals surface area contributed by atoms with Crippen molar-refractivity contribution >= 4 is 0 Å². The molecule has 0 aliphatic heterocycles. The maximum atomic E-state index is 5.73. The summed E-state index contributed by atoms with van der Waals surface area (Å²) >= 11 is 0. The summed E-state index contributed by atoms with van der Waals surface area (Å²) < 4.78 is 5.17. The minimum atomic E-state index is 0.316. The Morgan fingerprint density at radius 2 is 1.75 bits per heavy atom. The lowest BCUT2D eigenvalue weighted by Gasteiger charge is -2.15. The van der Waals surface area contributed by atoms with Gasteiger partial charge in [0.15, 0.2) is 0 Å². The normalized spacial score (nSPS) is 14.8. The second-order valence-electron chi connectivity index (χ2n) is 4.36. The number of ether oxygens (including phenoxy) is 1. The Balaban J connectivity index is 2.76. The third-order valence-electron chi connectivity index (χ3n) is 3.24. The second kappa shape index (κ2) is 6.66. The van der Waals surface area contributed by atoms with E-state index in [-0.39, 0.29) is 0 Å². The lowest BCUT2D eigenvalue weighted by molar-refractivity contribution is 0.181. The van der Waals surface area contributed by atoms with Crippen molar-refractivity contribution in [1.82, 2.24) is 0 Å². The van der Waals surface area contributed by atoms with E-state index in [1.807, 2.05) is 0 Å². The summed E-state index contributed by atoms with van der Waals surface area (Å²) in [5, 5.41) is 0. The zero-order valence-electron chi connectivity index (χ0n) is 10.6. The van der Waals surface area contributed by atoms with Gasteiger partial charge in [0.05, 0.1) is 6.61 Å². The van der Waals surface area contributed by atoms with Gasteiger partial charge in [-0.2, -0.15) is 0 Å². The van der Waals surface area contributed by atoms with E-state index in [1.165, 1.54) is 17.5 Å². The summed E-state index contributed by atoms with van der Waals surface area (Å²) in [7, 11) is 1.72. The van der Waals surface area contributed by atoms with Crippen molar-refractivity contribution in [1.29, 1.82) is 0 Å². The van der Waals surface area contributed by atoms with Crippen LogP contribution in [0.1, 0.15) is 43.2 Å². The Kier molecular flexibility index (Phi) is 5.50. The fraction of sp³-hybridized carbons (Fsp3) is 0.571. The van der Waals surface area contributed by atoms with Crippen molar-refractivity contribution in [2.24, 2.45) is 5.73 Å². The fourth-order valence-corrected chi connectivity index (χ4v) is 1.83. The first kappa shape index (κ1) is 13.2. The Morgan fingerprint density at radius 3 is 2.19 bits per heavy atom. The predicted molar refractivity (Wildman–Crippen MR) is 68.8 cm³/mol. The predicted octanol–water partition coefficient (Wildman–Crippen LogP) is 2.89. The summed E-state index contributed by atoms with van der Waals surface area (Å²) in [4.78, 5) is 0. The maximum Gasteiger partial charge on any atom is 0.0543 e. The zero-order chi connectivity index (χ0) is 12.0. The molecule has 0 saturated heterocycles. The van der Waals surface area contributed by atoms with Crippen molar-refractivity contribution in [3.05, 3.63) is 35.4 Å². The number of rotatable bonds is 6. The van der Waals surface area contributed by atoms with Gasteiger partial charge in [0.1, 0.15) is 0 Å². The molecule has 1 aromatic carbocycles. The molecule has 90 valence electrons. The van der Waals surface area contributed by atoms with Gasteiger partial charge in [-0.1, -0.05) is 38.1 Å². The molecule has 0 fully saturated rings. The summed E-state index contributed by atoms with van der Waals surface area (Å²) in [6, 6.07) is 8.78. The number of hydrogen-bond acceptors (Lipinski definition) is 2. The molecule has 2 heteroatoms. The highest BCUT2D eigenvalue weighted by atomic mass is 16.5. The van der Waals surface area contributed by atoms with E-state index in [2.05, 4.69) is 38.1 Å².